The third-order valence-electron chi connectivity index (χ3n) is 10.3. The van der Waals surface area contributed by atoms with Gasteiger partial charge in [-0.3, -0.25) is 24.0 Å². The Labute approximate surface area is 310 Å². The monoisotopic (exact) mass is 777 g/mol. The first-order valence-corrected chi connectivity index (χ1v) is 19.5. The predicted octanol–water partition coefficient (Wildman–Crippen LogP) is 1.66. The zero-order valence-electron chi connectivity index (χ0n) is 30.1. The highest BCUT2D eigenvalue weighted by Crippen LogP contribution is 2.34. The number of aliphatic hydroxyl groups is 1. The van der Waals surface area contributed by atoms with Crippen molar-refractivity contribution in [3.8, 4) is 0 Å². The number of ether oxygens (including phenoxy) is 1. The second-order valence-electron chi connectivity index (χ2n) is 14.6. The molecule has 2 aliphatic heterocycles. The number of aliphatic imine (C=N–C) groups is 1. The number of benzene rings is 1. The molecule has 0 radical (unpaired) electrons. The minimum atomic E-state index is -4.32. The van der Waals surface area contributed by atoms with Gasteiger partial charge >= 0.3 is 0 Å². The molecule has 3 aliphatic rings. The number of alkyl halides is 2. The smallest absolute Gasteiger partial charge is 0.287 e. The SMILES string of the molecule is CC(C)(O)c1cnnn1[C@H]1C[C@@H](C(=O)NC2(C(=O)C(N)=O)CCOCC2)N(C(=O)C(CC2CCCCC2)=NC(=O)c2ccc(S(=O)(=O)CC(F)F)cc2)C1. The van der Waals surface area contributed by atoms with Gasteiger partial charge in [-0.25, -0.2) is 26.9 Å². The Hall–Kier alpha value is -4.49. The van der Waals surface area contributed by atoms with E-state index >= 15 is 0 Å². The number of hydrogen-bond donors (Lipinski definition) is 3. The standard InChI is InChI=1S/C35H45F2N7O9S/c1-34(2,50)27-18-39-42-44(27)23-17-26(32(48)41-35(29(45)30(38)46)12-14-53-15-13-35)43(19-23)33(49)25(16-21-6-4-3-5-7-21)40-31(47)22-8-10-24(11-9-22)54(51,52)20-28(36)37/h8-11,18,21,23,26,28,50H,3-7,12-17,19-20H2,1-2H3,(H2,38,46)(H,41,48)/t23-,26-/m0/s1. The lowest BCUT2D eigenvalue weighted by Gasteiger charge is -2.37. The molecule has 2 saturated heterocycles. The number of rotatable bonds is 13. The van der Waals surface area contributed by atoms with Gasteiger partial charge in [-0.05, 0) is 50.5 Å². The Morgan fingerprint density at radius 2 is 1.74 bits per heavy atom. The highest BCUT2D eigenvalue weighted by Gasteiger charge is 2.49. The lowest BCUT2D eigenvalue weighted by molar-refractivity contribution is -0.146. The molecular formula is C35H45F2N7O9S. The van der Waals surface area contributed by atoms with Crippen LogP contribution in [0.2, 0.25) is 0 Å². The highest BCUT2D eigenvalue weighted by molar-refractivity contribution is 7.91. The van der Waals surface area contributed by atoms with Crippen molar-refractivity contribution in [1.29, 1.82) is 0 Å². The van der Waals surface area contributed by atoms with Crippen LogP contribution >= 0.6 is 0 Å². The number of likely N-dealkylation sites (tertiary alicyclic amines) is 1. The molecular weight excluding hydrogens is 732 g/mol. The van der Waals surface area contributed by atoms with Gasteiger partial charge in [0.2, 0.25) is 11.7 Å². The first kappa shape index (κ1) is 40.7. The molecule has 0 unspecified atom stereocenters. The fourth-order valence-corrected chi connectivity index (χ4v) is 8.44. The number of sulfone groups is 1. The molecule has 1 aliphatic carbocycles. The predicted molar refractivity (Wildman–Crippen MR) is 187 cm³/mol. The van der Waals surface area contributed by atoms with Crippen LogP contribution in [0.4, 0.5) is 8.78 Å². The third-order valence-corrected chi connectivity index (χ3v) is 11.9. The van der Waals surface area contributed by atoms with Crippen molar-refractivity contribution in [2.24, 2.45) is 16.6 Å². The van der Waals surface area contributed by atoms with Gasteiger partial charge in [0.15, 0.2) is 9.84 Å². The molecule has 1 aromatic heterocycles. The van der Waals surface area contributed by atoms with Gasteiger partial charge in [-0.1, -0.05) is 37.3 Å². The highest BCUT2D eigenvalue weighted by atomic mass is 32.2. The number of carbonyl (C=O) groups excluding carboxylic acids is 5. The number of nitrogens with one attached hydrogen (secondary N) is 1. The maximum Gasteiger partial charge on any atom is 0.287 e. The number of amides is 4. The molecule has 3 fully saturated rings. The maximum atomic E-state index is 14.7. The number of aromatic nitrogens is 3. The Kier molecular flexibility index (Phi) is 12.4. The van der Waals surface area contributed by atoms with Crippen molar-refractivity contribution in [1.82, 2.24) is 25.2 Å². The molecule has 19 heteroatoms. The average molecular weight is 778 g/mol. The summed E-state index contributed by atoms with van der Waals surface area (Å²) in [5.74, 6) is -6.06. The number of carbonyl (C=O) groups is 5. The molecule has 294 valence electrons. The number of halogens is 2. The fourth-order valence-electron chi connectivity index (χ4n) is 7.36. The van der Waals surface area contributed by atoms with Gasteiger partial charge in [-0.2, -0.15) is 0 Å². The maximum absolute atomic E-state index is 14.7. The second kappa shape index (κ2) is 16.5. The number of Topliss-reactive ketones (excluding diaryl/α,β-unsaturated/α-hetero) is 1. The van der Waals surface area contributed by atoms with Gasteiger partial charge in [0, 0.05) is 44.6 Å². The summed E-state index contributed by atoms with van der Waals surface area (Å²) in [7, 11) is -4.32. The molecule has 1 aromatic carbocycles. The lowest BCUT2D eigenvalue weighted by atomic mass is 9.84. The quantitative estimate of drug-likeness (QED) is 0.196. The van der Waals surface area contributed by atoms with E-state index in [4.69, 9.17) is 10.5 Å². The summed E-state index contributed by atoms with van der Waals surface area (Å²) in [6.45, 7) is 3.02. The average Bonchev–Trinajstić information content (AvgIpc) is 3.80. The first-order valence-electron chi connectivity index (χ1n) is 17.8. The van der Waals surface area contributed by atoms with E-state index < -0.39 is 79.5 Å². The summed E-state index contributed by atoms with van der Waals surface area (Å²) in [5.41, 5.74) is 2.33. The Morgan fingerprint density at radius 1 is 1.09 bits per heavy atom. The Balaban J connectivity index is 1.51. The molecule has 0 spiro atoms. The largest absolute Gasteiger partial charge is 0.384 e. The third kappa shape index (κ3) is 9.23. The first-order chi connectivity index (χ1) is 25.4. The van der Waals surface area contributed by atoms with Crippen molar-refractivity contribution < 1.29 is 51.0 Å². The fraction of sp³-hybridized carbons (Fsp3) is 0.600. The number of hydrogen-bond acceptors (Lipinski definition) is 11. The molecule has 4 N–H and O–H groups in total. The van der Waals surface area contributed by atoms with E-state index in [0.717, 1.165) is 56.4 Å². The van der Waals surface area contributed by atoms with E-state index in [0.29, 0.717) is 5.69 Å². The molecule has 1 saturated carbocycles. The van der Waals surface area contributed by atoms with Gasteiger partial charge in [0.25, 0.3) is 24.1 Å². The molecule has 3 heterocycles. The molecule has 0 bridgehead atoms. The van der Waals surface area contributed by atoms with Crippen LogP contribution in [0.5, 0.6) is 0 Å². The van der Waals surface area contributed by atoms with Crippen LogP contribution in [0, 0.1) is 5.92 Å². The summed E-state index contributed by atoms with van der Waals surface area (Å²) >= 11 is 0. The second-order valence-corrected chi connectivity index (χ2v) is 16.7. The van der Waals surface area contributed by atoms with E-state index in [9.17, 15) is 46.3 Å². The van der Waals surface area contributed by atoms with Crippen molar-refractivity contribution in [2.75, 3.05) is 25.5 Å². The molecule has 5 rings (SSSR count). The van der Waals surface area contributed by atoms with Crippen LogP contribution in [-0.2, 0) is 39.4 Å². The van der Waals surface area contributed by atoms with Crippen molar-refractivity contribution in [3.63, 3.8) is 0 Å². The lowest BCUT2D eigenvalue weighted by Crippen LogP contribution is -2.63. The summed E-state index contributed by atoms with van der Waals surface area (Å²) in [4.78, 5) is 72.7. The van der Waals surface area contributed by atoms with Crippen LogP contribution in [0.25, 0.3) is 0 Å². The number of nitrogens with two attached hydrogens (primary N) is 1. The topological polar surface area (TPSA) is 233 Å². The van der Waals surface area contributed by atoms with Crippen molar-refractivity contribution >= 4 is 45.0 Å². The van der Waals surface area contributed by atoms with Gasteiger partial charge in [0.05, 0.1) is 22.8 Å². The van der Waals surface area contributed by atoms with E-state index in [-0.39, 0.29) is 62.6 Å². The van der Waals surface area contributed by atoms with Crippen LogP contribution in [0.3, 0.4) is 0 Å². The van der Waals surface area contributed by atoms with Crippen molar-refractivity contribution in [3.05, 3.63) is 41.7 Å². The van der Waals surface area contributed by atoms with Gasteiger partial charge in [0.1, 0.15) is 28.6 Å². The molecule has 54 heavy (non-hydrogen) atoms. The van der Waals surface area contributed by atoms with Gasteiger partial charge < -0.3 is 25.8 Å². The molecule has 2 atom stereocenters. The Morgan fingerprint density at radius 3 is 2.33 bits per heavy atom. The van der Waals surface area contributed by atoms with Crippen LogP contribution in [-0.4, -0.2) is 112 Å². The summed E-state index contributed by atoms with van der Waals surface area (Å²) in [6, 6.07) is 2.31. The summed E-state index contributed by atoms with van der Waals surface area (Å²) < 4.78 is 57.1. The van der Waals surface area contributed by atoms with E-state index in [2.05, 4.69) is 20.6 Å². The normalized spacial score (nSPS) is 21.2. The summed E-state index contributed by atoms with van der Waals surface area (Å²) in [6.07, 6.45) is 2.54. The molecule has 2 aromatic rings. The van der Waals surface area contributed by atoms with Crippen LogP contribution < -0.4 is 11.1 Å². The van der Waals surface area contributed by atoms with Crippen LogP contribution in [0.1, 0.15) is 93.7 Å². The van der Waals surface area contributed by atoms with Crippen molar-refractivity contribution in [2.45, 2.75) is 106 Å². The van der Waals surface area contributed by atoms with Crippen LogP contribution in [0.15, 0.2) is 40.4 Å². The molecule has 16 nitrogen and oxygen atoms in total. The summed E-state index contributed by atoms with van der Waals surface area (Å²) in [5, 5.41) is 21.6. The minimum Gasteiger partial charge on any atom is -0.384 e. The van der Waals surface area contributed by atoms with E-state index in [1.54, 1.807) is 0 Å². The Bertz CT molecular complexity index is 1880. The van der Waals surface area contributed by atoms with E-state index in [1.165, 1.54) is 29.6 Å². The van der Waals surface area contributed by atoms with Gasteiger partial charge in [-0.15, -0.1) is 5.10 Å². The zero-order valence-corrected chi connectivity index (χ0v) is 30.9. The number of primary amides is 1. The minimum absolute atomic E-state index is 0.0161. The zero-order chi connectivity index (χ0) is 39.4. The number of nitrogens with zero attached hydrogens (tertiary/aromatic N) is 5. The number of ketones is 1. The van der Waals surface area contributed by atoms with E-state index in [1.807, 2.05) is 0 Å². The molecule has 4 amide bonds.